The normalized spacial score (nSPS) is 18.4. The molecule has 1 aromatic heterocycles. The van der Waals surface area contributed by atoms with Gasteiger partial charge in [-0.05, 0) is 36.4 Å². The number of hydrogen-bond donors (Lipinski definition) is 1. The minimum Gasteiger partial charge on any atom is -0.490 e. The van der Waals surface area contributed by atoms with Crippen LogP contribution in [0.4, 0.5) is 0 Å². The Kier molecular flexibility index (Phi) is 5.03. The molecule has 0 saturated heterocycles. The summed E-state index contributed by atoms with van der Waals surface area (Å²) < 4.78 is 30.2. The van der Waals surface area contributed by atoms with E-state index in [2.05, 4.69) is 9.88 Å². The van der Waals surface area contributed by atoms with Gasteiger partial charge in [0.15, 0.2) is 23.0 Å². The predicted molar refractivity (Wildman–Crippen MR) is 117 cm³/mol. The monoisotopic (exact) mass is 449 g/mol. The van der Waals surface area contributed by atoms with Crippen LogP contribution in [0.15, 0.2) is 42.6 Å². The summed E-state index contributed by atoms with van der Waals surface area (Å²) >= 11 is 0. The van der Waals surface area contributed by atoms with Crippen LogP contribution in [-0.4, -0.2) is 48.1 Å². The quantitative estimate of drug-likeness (QED) is 0.655. The van der Waals surface area contributed by atoms with Crippen molar-refractivity contribution >= 4 is 5.91 Å². The van der Waals surface area contributed by atoms with Gasteiger partial charge in [0.25, 0.3) is 5.91 Å². The molecule has 0 unspecified atom stereocenters. The number of carbonyl (C=O) groups excluding carboxylic acids is 1. The summed E-state index contributed by atoms with van der Waals surface area (Å²) in [6.07, 6.45) is 2.73. The van der Waals surface area contributed by atoms with Crippen LogP contribution < -0.4 is 24.3 Å². The molecule has 2 aromatic carbocycles. The van der Waals surface area contributed by atoms with Gasteiger partial charge in [0.2, 0.25) is 6.79 Å². The number of hydrogen-bond acceptors (Lipinski definition) is 7. The largest absolute Gasteiger partial charge is 0.490 e. The Morgan fingerprint density at radius 2 is 1.79 bits per heavy atom. The van der Waals surface area contributed by atoms with Crippen molar-refractivity contribution in [1.82, 2.24) is 14.9 Å². The molecule has 4 heterocycles. The van der Waals surface area contributed by atoms with Crippen LogP contribution >= 0.6 is 0 Å². The summed E-state index contributed by atoms with van der Waals surface area (Å²) in [7, 11) is 0. The van der Waals surface area contributed by atoms with Gasteiger partial charge in [-0.2, -0.15) is 0 Å². The van der Waals surface area contributed by atoms with Gasteiger partial charge in [0.1, 0.15) is 12.4 Å². The number of nitrogens with zero attached hydrogens (tertiary/aromatic N) is 2. The fraction of sp³-hybridized carbons (Fsp3) is 0.333. The van der Waals surface area contributed by atoms with Gasteiger partial charge in [0, 0.05) is 30.3 Å². The minimum absolute atomic E-state index is 0.152. The molecule has 0 saturated carbocycles. The molecule has 3 aliphatic heterocycles. The van der Waals surface area contributed by atoms with Crippen LogP contribution in [0.1, 0.15) is 22.6 Å². The number of carbonyl (C=O) groups is 1. The summed E-state index contributed by atoms with van der Waals surface area (Å²) in [5, 5.41) is 2.94. The maximum Gasteiger partial charge on any atom is 0.251 e. The summed E-state index contributed by atoms with van der Waals surface area (Å²) in [6.45, 7) is 2.87. The second-order valence-corrected chi connectivity index (χ2v) is 8.12. The lowest BCUT2D eigenvalue weighted by Gasteiger charge is -2.24. The number of ether oxygens (including phenoxy) is 5. The number of imidazole rings is 1. The Morgan fingerprint density at radius 3 is 2.73 bits per heavy atom. The topological polar surface area (TPSA) is 93.1 Å². The Balaban J connectivity index is 1.11. The Hall–Kier alpha value is -3.72. The van der Waals surface area contributed by atoms with E-state index < -0.39 is 0 Å². The highest BCUT2D eigenvalue weighted by Crippen LogP contribution is 2.35. The number of benzene rings is 2. The lowest BCUT2D eigenvalue weighted by Crippen LogP contribution is -2.38. The highest BCUT2D eigenvalue weighted by Gasteiger charge is 2.23. The van der Waals surface area contributed by atoms with Gasteiger partial charge in [-0.15, -0.1) is 0 Å². The van der Waals surface area contributed by atoms with Gasteiger partial charge < -0.3 is 33.6 Å². The third-order valence-electron chi connectivity index (χ3n) is 5.88. The standard InChI is InChI=1S/C24H23N3O6/c28-24(16-3-5-20-22(9-16)33-14-32-20)25-10-17-11-27-12-18(26-23(27)13-31-17)15-2-4-19-21(8-15)30-7-1-6-29-19/h2-5,8-9,12,17H,1,6-7,10-11,13-14H2,(H,25,28)/t17-/m0/s1. The van der Waals surface area contributed by atoms with Crippen molar-refractivity contribution in [1.29, 1.82) is 0 Å². The molecule has 170 valence electrons. The molecular formula is C24H23N3O6. The van der Waals surface area contributed by atoms with Crippen LogP contribution in [0.3, 0.4) is 0 Å². The molecular weight excluding hydrogens is 426 g/mol. The van der Waals surface area contributed by atoms with E-state index in [0.717, 1.165) is 35.0 Å². The van der Waals surface area contributed by atoms with E-state index in [1.54, 1.807) is 18.2 Å². The number of aromatic nitrogens is 2. The number of nitrogens with one attached hydrogen (secondary N) is 1. The smallest absolute Gasteiger partial charge is 0.251 e. The first-order chi connectivity index (χ1) is 16.2. The molecule has 0 spiro atoms. The van der Waals surface area contributed by atoms with Crippen molar-refractivity contribution in [3.8, 4) is 34.3 Å². The number of rotatable bonds is 4. The van der Waals surface area contributed by atoms with E-state index >= 15 is 0 Å². The second-order valence-electron chi connectivity index (χ2n) is 8.12. The van der Waals surface area contributed by atoms with E-state index in [1.807, 2.05) is 24.4 Å². The van der Waals surface area contributed by atoms with E-state index in [-0.39, 0.29) is 18.8 Å². The summed E-state index contributed by atoms with van der Waals surface area (Å²) in [4.78, 5) is 17.3. The number of amides is 1. The van der Waals surface area contributed by atoms with Gasteiger partial charge in [-0.25, -0.2) is 4.98 Å². The second kappa shape index (κ2) is 8.32. The average Bonchev–Trinajstić information content (AvgIpc) is 3.42. The first kappa shape index (κ1) is 19.9. The molecule has 1 atom stereocenters. The fourth-order valence-corrected chi connectivity index (χ4v) is 4.12. The highest BCUT2D eigenvalue weighted by atomic mass is 16.7. The van der Waals surface area contributed by atoms with Gasteiger partial charge in [-0.3, -0.25) is 4.79 Å². The molecule has 3 aliphatic rings. The van der Waals surface area contributed by atoms with E-state index in [1.165, 1.54) is 0 Å². The summed E-state index contributed by atoms with van der Waals surface area (Å²) in [6, 6.07) is 11.0. The zero-order valence-electron chi connectivity index (χ0n) is 17.9. The van der Waals surface area contributed by atoms with Crippen LogP contribution in [0.25, 0.3) is 11.3 Å². The van der Waals surface area contributed by atoms with Gasteiger partial charge >= 0.3 is 0 Å². The maximum atomic E-state index is 12.6. The molecule has 9 nitrogen and oxygen atoms in total. The fourth-order valence-electron chi connectivity index (χ4n) is 4.12. The van der Waals surface area contributed by atoms with Crippen LogP contribution in [0.2, 0.25) is 0 Å². The highest BCUT2D eigenvalue weighted by molar-refractivity contribution is 5.94. The average molecular weight is 449 g/mol. The molecule has 0 aliphatic carbocycles. The Morgan fingerprint density at radius 1 is 1.00 bits per heavy atom. The summed E-state index contributed by atoms with van der Waals surface area (Å²) in [5.41, 5.74) is 2.35. The predicted octanol–water partition coefficient (Wildman–Crippen LogP) is 2.77. The third kappa shape index (κ3) is 3.95. The van der Waals surface area contributed by atoms with Crippen molar-refractivity contribution in [3.63, 3.8) is 0 Å². The molecule has 1 amide bonds. The van der Waals surface area contributed by atoms with Crippen LogP contribution in [0, 0.1) is 0 Å². The van der Waals surface area contributed by atoms with E-state index in [0.29, 0.717) is 50.0 Å². The number of fused-ring (bicyclic) bond motifs is 3. The molecule has 33 heavy (non-hydrogen) atoms. The van der Waals surface area contributed by atoms with E-state index in [4.69, 9.17) is 28.7 Å². The van der Waals surface area contributed by atoms with Crippen molar-refractivity contribution in [2.75, 3.05) is 26.6 Å². The van der Waals surface area contributed by atoms with Crippen LogP contribution in [0.5, 0.6) is 23.0 Å². The van der Waals surface area contributed by atoms with E-state index in [9.17, 15) is 4.79 Å². The molecule has 0 fully saturated rings. The molecule has 9 heteroatoms. The van der Waals surface area contributed by atoms with Crippen molar-refractivity contribution < 1.29 is 28.5 Å². The lowest BCUT2D eigenvalue weighted by atomic mass is 10.1. The van der Waals surface area contributed by atoms with Gasteiger partial charge in [-0.1, -0.05) is 0 Å². The Bertz CT molecular complexity index is 1210. The van der Waals surface area contributed by atoms with Crippen molar-refractivity contribution in [2.24, 2.45) is 0 Å². The molecule has 6 rings (SSSR count). The lowest BCUT2D eigenvalue weighted by molar-refractivity contribution is 0.00327. The molecule has 0 bridgehead atoms. The SMILES string of the molecule is O=C(NC[C@H]1Cn2cc(-c3ccc4c(c3)OCCCO4)nc2CO1)c1ccc2c(c1)OCO2. The first-order valence-corrected chi connectivity index (χ1v) is 11.0. The molecule has 3 aromatic rings. The first-order valence-electron chi connectivity index (χ1n) is 11.0. The van der Waals surface area contributed by atoms with Gasteiger partial charge in [0.05, 0.1) is 31.6 Å². The van der Waals surface area contributed by atoms with Crippen LogP contribution in [-0.2, 0) is 17.9 Å². The maximum absolute atomic E-state index is 12.6. The minimum atomic E-state index is -0.179. The van der Waals surface area contributed by atoms with Crippen molar-refractivity contribution in [2.45, 2.75) is 25.7 Å². The third-order valence-corrected chi connectivity index (χ3v) is 5.88. The molecule has 0 radical (unpaired) electrons. The zero-order chi connectivity index (χ0) is 22.2. The Labute approximate surface area is 190 Å². The molecule has 1 N–H and O–H groups in total. The summed E-state index contributed by atoms with van der Waals surface area (Å²) in [5.74, 6) is 3.43. The van der Waals surface area contributed by atoms with Crippen molar-refractivity contribution in [3.05, 3.63) is 54.0 Å². The zero-order valence-corrected chi connectivity index (χ0v) is 17.9.